The smallest absolute Gasteiger partial charge is 0.323 e. The van der Waals surface area contributed by atoms with Crippen LogP contribution in [0.1, 0.15) is 0 Å². The third kappa shape index (κ3) is 1.26. The van der Waals surface area contributed by atoms with E-state index in [1.807, 2.05) is 0 Å². The first kappa shape index (κ1) is 6.66. The molecule has 52 valence electrons. The lowest BCUT2D eigenvalue weighted by Gasteiger charge is -1.89. The molecule has 2 N–H and O–H groups in total. The average molecular weight is 151 g/mol. The van der Waals surface area contributed by atoms with Crippen molar-refractivity contribution < 1.29 is 18.7 Å². The van der Waals surface area contributed by atoms with E-state index in [1.54, 1.807) is 0 Å². The molecule has 1 aliphatic rings. The second-order valence-corrected chi connectivity index (χ2v) is 2.61. The number of rotatable bonds is 2. The first-order chi connectivity index (χ1) is 4.13. The summed E-state index contributed by atoms with van der Waals surface area (Å²) in [4.78, 5) is 9.99. The van der Waals surface area contributed by atoms with Crippen LogP contribution in [-0.2, 0) is 16.1 Å². The van der Waals surface area contributed by atoms with Crippen LogP contribution in [0.3, 0.4) is 0 Å². The van der Waals surface area contributed by atoms with Crippen LogP contribution in [0, 0.1) is 0 Å². The van der Waals surface area contributed by atoms with Gasteiger partial charge in [0.15, 0.2) is 0 Å². The van der Waals surface area contributed by atoms with E-state index in [-0.39, 0.29) is 6.54 Å². The van der Waals surface area contributed by atoms with Crippen molar-refractivity contribution >= 4 is 17.2 Å². The maximum absolute atomic E-state index is 10.1. The van der Waals surface area contributed by atoms with Gasteiger partial charge in [-0.15, -0.1) is 0 Å². The van der Waals surface area contributed by atoms with E-state index in [4.69, 9.17) is 9.66 Å². The summed E-state index contributed by atoms with van der Waals surface area (Å²) in [6.45, 7) is 0.179. The quantitative estimate of drug-likeness (QED) is 0.387. The Morgan fingerprint density at radius 3 is 2.44 bits per heavy atom. The maximum Gasteiger partial charge on any atom is 0.323 e. The molecule has 1 fully saturated rings. The molecule has 1 saturated heterocycles. The van der Waals surface area contributed by atoms with Crippen LogP contribution in [0.25, 0.3) is 0 Å². The molecule has 0 aromatic rings. The van der Waals surface area contributed by atoms with E-state index in [9.17, 15) is 9.00 Å². The summed E-state index contributed by atoms with van der Waals surface area (Å²) in [6, 6.07) is -0.740. The fourth-order valence-corrected chi connectivity index (χ4v) is 1.07. The van der Waals surface area contributed by atoms with Crippen molar-refractivity contribution in [3.63, 3.8) is 0 Å². The van der Waals surface area contributed by atoms with Gasteiger partial charge >= 0.3 is 5.97 Å². The van der Waals surface area contributed by atoms with Crippen molar-refractivity contribution in [2.75, 3.05) is 6.54 Å². The summed E-state index contributed by atoms with van der Waals surface area (Å²) in [5, 5.41) is 8.19. The van der Waals surface area contributed by atoms with Gasteiger partial charge in [0, 0.05) is 6.54 Å². The van der Waals surface area contributed by atoms with Gasteiger partial charge in [0.25, 0.3) is 0 Å². The highest BCUT2D eigenvalue weighted by atomic mass is 32.2. The lowest BCUT2D eigenvalue weighted by atomic mass is 10.5. The highest BCUT2D eigenvalue weighted by Crippen LogP contribution is 2.18. The SMILES string of the molecule is O=C(O)C1CN1S(=O)O. The molecule has 0 bridgehead atoms. The molecule has 0 aliphatic carbocycles. The Kier molecular flexibility index (Phi) is 1.52. The van der Waals surface area contributed by atoms with Crippen LogP contribution in [-0.4, -0.2) is 36.7 Å². The molecule has 9 heavy (non-hydrogen) atoms. The van der Waals surface area contributed by atoms with Crippen LogP contribution in [0.5, 0.6) is 0 Å². The van der Waals surface area contributed by atoms with E-state index in [1.165, 1.54) is 0 Å². The van der Waals surface area contributed by atoms with Crippen molar-refractivity contribution in [1.29, 1.82) is 0 Å². The van der Waals surface area contributed by atoms with Crippen LogP contribution in [0.4, 0.5) is 0 Å². The number of nitrogens with zero attached hydrogens (tertiary/aromatic N) is 1. The van der Waals surface area contributed by atoms with E-state index in [0.717, 1.165) is 4.31 Å². The Bertz CT molecular complexity index is 151. The minimum Gasteiger partial charge on any atom is -0.480 e. The molecule has 0 aromatic carbocycles. The van der Waals surface area contributed by atoms with Gasteiger partial charge in [-0.1, -0.05) is 0 Å². The van der Waals surface area contributed by atoms with Gasteiger partial charge < -0.3 is 5.11 Å². The zero-order valence-corrected chi connectivity index (χ0v) is 5.17. The summed E-state index contributed by atoms with van der Waals surface area (Å²) >= 11 is -2.10. The van der Waals surface area contributed by atoms with Crippen molar-refractivity contribution in [2.24, 2.45) is 0 Å². The second-order valence-electron chi connectivity index (χ2n) is 1.68. The molecule has 0 saturated carbocycles. The van der Waals surface area contributed by atoms with Crippen molar-refractivity contribution in [2.45, 2.75) is 6.04 Å². The normalized spacial score (nSPS) is 35.7. The Labute approximate surface area is 53.7 Å². The molecule has 6 heteroatoms. The summed E-state index contributed by atoms with van der Waals surface area (Å²) in [7, 11) is 0. The molecule has 1 rings (SSSR count). The minimum absolute atomic E-state index is 0.179. The standard InChI is InChI=1S/C3H5NO4S/c5-3(6)2-1-4(2)9(7)8/h2H,1H2,(H,5,6)(H,7,8). The largest absolute Gasteiger partial charge is 0.480 e. The molecule has 0 radical (unpaired) electrons. The molecule has 1 heterocycles. The van der Waals surface area contributed by atoms with Crippen LogP contribution >= 0.6 is 0 Å². The summed E-state index contributed by atoms with van der Waals surface area (Å²) in [6.07, 6.45) is 0. The lowest BCUT2D eigenvalue weighted by Crippen LogP contribution is -2.12. The molecule has 0 spiro atoms. The molecule has 1 aliphatic heterocycles. The third-order valence-electron chi connectivity index (χ3n) is 1.05. The Morgan fingerprint density at radius 1 is 1.78 bits per heavy atom. The monoisotopic (exact) mass is 151 g/mol. The first-order valence-corrected chi connectivity index (χ1v) is 3.29. The Hall–Kier alpha value is -0.460. The van der Waals surface area contributed by atoms with Crippen LogP contribution in [0.2, 0.25) is 0 Å². The average Bonchev–Trinajstić information content (AvgIpc) is 2.39. The zero-order chi connectivity index (χ0) is 7.02. The van der Waals surface area contributed by atoms with Gasteiger partial charge in [0.1, 0.15) is 6.04 Å². The number of carbonyl (C=O) groups is 1. The van der Waals surface area contributed by atoms with Gasteiger partial charge in [-0.2, -0.15) is 4.31 Å². The molecular weight excluding hydrogens is 146 g/mol. The molecule has 0 amide bonds. The van der Waals surface area contributed by atoms with Gasteiger partial charge in [-0.3, -0.25) is 9.35 Å². The number of hydrogen-bond acceptors (Lipinski definition) is 2. The van der Waals surface area contributed by atoms with Crippen LogP contribution < -0.4 is 0 Å². The van der Waals surface area contributed by atoms with Gasteiger partial charge in [0.2, 0.25) is 11.3 Å². The summed E-state index contributed by atoms with van der Waals surface area (Å²) in [5.74, 6) is -1.04. The topological polar surface area (TPSA) is 77.6 Å². The van der Waals surface area contributed by atoms with Crippen molar-refractivity contribution in [1.82, 2.24) is 4.31 Å². The van der Waals surface area contributed by atoms with E-state index in [0.29, 0.717) is 0 Å². The molecule has 3 unspecified atom stereocenters. The third-order valence-corrected chi connectivity index (χ3v) is 1.86. The molecular formula is C3H5NO4S. The van der Waals surface area contributed by atoms with Crippen LogP contribution in [0.15, 0.2) is 0 Å². The van der Waals surface area contributed by atoms with E-state index < -0.39 is 23.3 Å². The number of carboxylic acids is 1. The molecule has 3 atom stereocenters. The summed E-state index contributed by atoms with van der Waals surface area (Å²) in [5.41, 5.74) is 0. The van der Waals surface area contributed by atoms with Gasteiger partial charge in [-0.25, -0.2) is 4.21 Å². The van der Waals surface area contributed by atoms with Gasteiger partial charge in [-0.05, 0) is 0 Å². The maximum atomic E-state index is 10.1. The number of hydrogen-bond donors (Lipinski definition) is 2. The van der Waals surface area contributed by atoms with Crippen molar-refractivity contribution in [3.05, 3.63) is 0 Å². The molecule has 0 aromatic heterocycles. The predicted molar refractivity (Wildman–Crippen MR) is 28.9 cm³/mol. The minimum atomic E-state index is -2.10. The van der Waals surface area contributed by atoms with Crippen molar-refractivity contribution in [3.8, 4) is 0 Å². The first-order valence-electron chi connectivity index (χ1n) is 2.23. The lowest BCUT2D eigenvalue weighted by molar-refractivity contribution is -0.136. The van der Waals surface area contributed by atoms with E-state index in [2.05, 4.69) is 0 Å². The fourth-order valence-electron chi connectivity index (χ4n) is 0.497. The highest BCUT2D eigenvalue weighted by molar-refractivity contribution is 7.77. The van der Waals surface area contributed by atoms with Gasteiger partial charge in [0.05, 0.1) is 0 Å². The number of aliphatic carboxylic acids is 1. The Morgan fingerprint density at radius 2 is 2.33 bits per heavy atom. The Balaban J connectivity index is 2.42. The zero-order valence-electron chi connectivity index (χ0n) is 4.35. The predicted octanol–water partition coefficient (Wildman–Crippen LogP) is -1.11. The number of carboxylic acid groups (broad SMARTS) is 1. The highest BCUT2D eigenvalue weighted by Gasteiger charge is 2.44. The summed E-state index contributed by atoms with van der Waals surface area (Å²) < 4.78 is 19.3. The fraction of sp³-hybridized carbons (Fsp3) is 0.667. The second kappa shape index (κ2) is 2.05. The molecule has 5 nitrogen and oxygen atoms in total. The van der Waals surface area contributed by atoms with E-state index >= 15 is 0 Å².